The first-order valence-electron chi connectivity index (χ1n) is 9.87. The largest absolute Gasteiger partial charge is 0.348 e. The standard InChI is InChI=1S/C21H23FN6S/c1-12-8-19-24-17(9-13(2)28(19)26-12)14-10-16(22)20-18(11-14)29-21(25-20)27(3)15-4-6-23-7-5-15/h8-11,15,23H,4-7H2,1-3H3. The van der Waals surface area contributed by atoms with Gasteiger partial charge in [-0.3, -0.25) is 0 Å². The van der Waals surface area contributed by atoms with Crippen LogP contribution in [0.2, 0.25) is 0 Å². The number of thiazole rings is 1. The van der Waals surface area contributed by atoms with Crippen LogP contribution in [0.15, 0.2) is 24.3 Å². The highest BCUT2D eigenvalue weighted by Crippen LogP contribution is 2.35. The van der Waals surface area contributed by atoms with E-state index in [0.29, 0.717) is 11.6 Å². The number of rotatable bonds is 3. The monoisotopic (exact) mass is 410 g/mol. The third-order valence-corrected chi connectivity index (χ3v) is 6.71. The fourth-order valence-corrected chi connectivity index (χ4v) is 5.07. The molecule has 0 bridgehead atoms. The molecule has 0 unspecified atom stereocenters. The van der Waals surface area contributed by atoms with E-state index in [2.05, 4.69) is 27.3 Å². The summed E-state index contributed by atoms with van der Waals surface area (Å²) >= 11 is 1.54. The van der Waals surface area contributed by atoms with Crippen LogP contribution < -0.4 is 10.2 Å². The van der Waals surface area contributed by atoms with Crippen molar-refractivity contribution in [2.24, 2.45) is 0 Å². The van der Waals surface area contributed by atoms with Gasteiger partial charge in [-0.25, -0.2) is 18.9 Å². The van der Waals surface area contributed by atoms with Crippen LogP contribution in [0.4, 0.5) is 9.52 Å². The van der Waals surface area contributed by atoms with Gasteiger partial charge in [-0.15, -0.1) is 0 Å². The Bertz CT molecular complexity index is 1210. The minimum absolute atomic E-state index is 0.303. The molecule has 0 radical (unpaired) electrons. The average Bonchev–Trinajstić information content (AvgIpc) is 3.31. The summed E-state index contributed by atoms with van der Waals surface area (Å²) in [5.41, 5.74) is 4.60. The predicted octanol–water partition coefficient (Wildman–Crippen LogP) is 3.95. The van der Waals surface area contributed by atoms with Gasteiger partial charge in [0, 0.05) is 30.4 Å². The van der Waals surface area contributed by atoms with Crippen LogP contribution >= 0.6 is 11.3 Å². The topological polar surface area (TPSA) is 58.4 Å². The molecular formula is C21H23FN6S. The van der Waals surface area contributed by atoms with Gasteiger partial charge >= 0.3 is 0 Å². The molecule has 6 nitrogen and oxygen atoms in total. The number of halogens is 1. The molecule has 0 spiro atoms. The molecule has 0 aliphatic carbocycles. The van der Waals surface area contributed by atoms with Crippen molar-refractivity contribution >= 4 is 32.3 Å². The van der Waals surface area contributed by atoms with Crippen molar-refractivity contribution in [1.29, 1.82) is 0 Å². The second kappa shape index (κ2) is 7.03. The van der Waals surface area contributed by atoms with Gasteiger partial charge in [0.25, 0.3) is 0 Å². The molecule has 0 saturated carbocycles. The van der Waals surface area contributed by atoms with Crippen molar-refractivity contribution < 1.29 is 4.39 Å². The lowest BCUT2D eigenvalue weighted by atomic mass is 10.1. The molecule has 29 heavy (non-hydrogen) atoms. The van der Waals surface area contributed by atoms with Gasteiger partial charge in [-0.2, -0.15) is 5.10 Å². The summed E-state index contributed by atoms with van der Waals surface area (Å²) in [5.74, 6) is -0.303. The van der Waals surface area contributed by atoms with E-state index in [0.717, 1.165) is 64.1 Å². The van der Waals surface area contributed by atoms with Crippen molar-refractivity contribution in [1.82, 2.24) is 24.9 Å². The fraction of sp³-hybridized carbons (Fsp3) is 0.381. The van der Waals surface area contributed by atoms with Crippen molar-refractivity contribution in [3.8, 4) is 11.3 Å². The number of aryl methyl sites for hydroxylation is 2. The Hall–Kier alpha value is -2.58. The van der Waals surface area contributed by atoms with Crippen LogP contribution in [0, 0.1) is 19.7 Å². The molecule has 4 aromatic rings. The Labute approximate surface area is 172 Å². The van der Waals surface area contributed by atoms with E-state index in [9.17, 15) is 4.39 Å². The zero-order chi connectivity index (χ0) is 20.1. The molecule has 4 heterocycles. The molecule has 0 amide bonds. The van der Waals surface area contributed by atoms with E-state index in [1.54, 1.807) is 11.3 Å². The number of anilines is 1. The van der Waals surface area contributed by atoms with Crippen LogP contribution in [0.25, 0.3) is 27.1 Å². The fourth-order valence-electron chi connectivity index (χ4n) is 4.01. The molecule has 3 aromatic heterocycles. The summed E-state index contributed by atoms with van der Waals surface area (Å²) in [4.78, 5) is 11.5. The van der Waals surface area contributed by atoms with Crippen LogP contribution in [-0.4, -0.2) is 45.8 Å². The summed E-state index contributed by atoms with van der Waals surface area (Å²) in [6, 6.07) is 7.86. The Kier molecular flexibility index (Phi) is 4.48. The number of piperidine rings is 1. The van der Waals surface area contributed by atoms with Crippen LogP contribution in [0.5, 0.6) is 0 Å². The molecule has 5 rings (SSSR count). The highest BCUT2D eigenvalue weighted by Gasteiger charge is 2.22. The first kappa shape index (κ1) is 18.4. The van der Waals surface area contributed by atoms with E-state index in [1.165, 1.54) is 6.07 Å². The van der Waals surface area contributed by atoms with Gasteiger partial charge < -0.3 is 10.2 Å². The van der Waals surface area contributed by atoms with Gasteiger partial charge in [-0.1, -0.05) is 11.3 Å². The lowest BCUT2D eigenvalue weighted by molar-refractivity contribution is 0.443. The molecule has 1 aromatic carbocycles. The lowest BCUT2D eigenvalue weighted by Crippen LogP contribution is -2.41. The second-order valence-electron chi connectivity index (χ2n) is 7.73. The molecule has 1 fully saturated rings. The summed E-state index contributed by atoms with van der Waals surface area (Å²) in [6.45, 7) is 5.95. The summed E-state index contributed by atoms with van der Waals surface area (Å²) < 4.78 is 17.6. The number of nitrogens with zero attached hydrogens (tertiary/aromatic N) is 5. The number of hydrogen-bond acceptors (Lipinski definition) is 6. The number of hydrogen-bond donors (Lipinski definition) is 1. The Morgan fingerprint density at radius 1 is 1.14 bits per heavy atom. The van der Waals surface area contributed by atoms with E-state index < -0.39 is 0 Å². The van der Waals surface area contributed by atoms with Crippen molar-refractivity contribution in [3.63, 3.8) is 0 Å². The van der Waals surface area contributed by atoms with Crippen molar-refractivity contribution in [3.05, 3.63) is 41.5 Å². The van der Waals surface area contributed by atoms with Crippen molar-refractivity contribution in [2.75, 3.05) is 25.0 Å². The van der Waals surface area contributed by atoms with Gasteiger partial charge in [0.05, 0.1) is 16.1 Å². The molecule has 8 heteroatoms. The van der Waals surface area contributed by atoms with E-state index in [4.69, 9.17) is 4.98 Å². The lowest BCUT2D eigenvalue weighted by Gasteiger charge is -2.31. The molecule has 150 valence electrons. The van der Waals surface area contributed by atoms with Crippen LogP contribution in [0.3, 0.4) is 0 Å². The minimum Gasteiger partial charge on any atom is -0.348 e. The van der Waals surface area contributed by atoms with E-state index in [1.807, 2.05) is 36.6 Å². The summed E-state index contributed by atoms with van der Waals surface area (Å²) in [6.07, 6.45) is 2.16. The van der Waals surface area contributed by atoms with E-state index in [-0.39, 0.29) is 5.82 Å². The smallest absolute Gasteiger partial charge is 0.186 e. The Morgan fingerprint density at radius 2 is 1.93 bits per heavy atom. The summed E-state index contributed by atoms with van der Waals surface area (Å²) in [5, 5.41) is 8.70. The minimum atomic E-state index is -0.303. The van der Waals surface area contributed by atoms with Gasteiger partial charge in [-0.05, 0) is 58.0 Å². The number of aromatic nitrogens is 4. The van der Waals surface area contributed by atoms with Crippen molar-refractivity contribution in [2.45, 2.75) is 32.7 Å². The highest BCUT2D eigenvalue weighted by atomic mass is 32.1. The second-order valence-corrected chi connectivity index (χ2v) is 8.74. The number of fused-ring (bicyclic) bond motifs is 2. The number of nitrogens with one attached hydrogen (secondary N) is 1. The van der Waals surface area contributed by atoms with E-state index >= 15 is 0 Å². The maximum absolute atomic E-state index is 14.9. The molecule has 1 saturated heterocycles. The van der Waals surface area contributed by atoms with Crippen LogP contribution in [0.1, 0.15) is 24.2 Å². The zero-order valence-corrected chi connectivity index (χ0v) is 17.6. The third kappa shape index (κ3) is 3.26. The first-order valence-corrected chi connectivity index (χ1v) is 10.7. The first-order chi connectivity index (χ1) is 14.0. The quantitative estimate of drug-likeness (QED) is 0.554. The molecule has 1 aliphatic heterocycles. The number of benzene rings is 1. The van der Waals surface area contributed by atoms with Crippen LogP contribution in [-0.2, 0) is 0 Å². The van der Waals surface area contributed by atoms with Gasteiger partial charge in [0.2, 0.25) is 0 Å². The predicted molar refractivity (Wildman–Crippen MR) is 115 cm³/mol. The molecule has 0 atom stereocenters. The zero-order valence-electron chi connectivity index (χ0n) is 16.7. The summed E-state index contributed by atoms with van der Waals surface area (Å²) in [7, 11) is 2.06. The Balaban J connectivity index is 1.56. The maximum Gasteiger partial charge on any atom is 0.186 e. The SMILES string of the molecule is Cc1cc2nc(-c3cc(F)c4nc(N(C)C5CCNCC5)sc4c3)cc(C)n2n1. The average molecular weight is 411 g/mol. The maximum atomic E-state index is 14.9. The Morgan fingerprint density at radius 3 is 2.72 bits per heavy atom. The molecular weight excluding hydrogens is 387 g/mol. The molecule has 1 N–H and O–H groups in total. The third-order valence-electron chi connectivity index (χ3n) is 5.62. The highest BCUT2D eigenvalue weighted by molar-refractivity contribution is 7.22. The van der Waals surface area contributed by atoms with Gasteiger partial charge in [0.1, 0.15) is 5.52 Å². The van der Waals surface area contributed by atoms with Gasteiger partial charge in [0.15, 0.2) is 16.6 Å². The normalized spacial score (nSPS) is 15.4. The molecule has 1 aliphatic rings.